The van der Waals surface area contributed by atoms with Crippen LogP contribution in [0, 0.1) is 0 Å². The zero-order valence-corrected chi connectivity index (χ0v) is 28.4. The van der Waals surface area contributed by atoms with Gasteiger partial charge in [0.25, 0.3) is 0 Å². The van der Waals surface area contributed by atoms with E-state index in [9.17, 15) is 24.0 Å². The zero-order chi connectivity index (χ0) is 35.0. The molecule has 0 heterocycles. The Labute approximate surface area is 277 Å². The Hall–Kier alpha value is -4.65. The third-order valence-electron chi connectivity index (χ3n) is 6.23. The van der Waals surface area contributed by atoms with Gasteiger partial charge in [-0.15, -0.1) is 0 Å². The highest BCUT2D eigenvalue weighted by atomic mass is 16.6. The van der Waals surface area contributed by atoms with Crippen molar-refractivity contribution in [3.8, 4) is 0 Å². The van der Waals surface area contributed by atoms with Crippen LogP contribution in [0.4, 0.5) is 9.59 Å². The largest absolute Gasteiger partial charge is 0.459 e. The van der Waals surface area contributed by atoms with E-state index < -0.39 is 53.3 Å². The standard InChI is InChI=1S/C34H49N5O8/c1-33(2,3)46-28(40)21-36-30(42)27(38-31(43)45-23-25-16-12-9-13-17-25)22-39(7)19-18-35-29(41)26(20-24-14-10-8-11-15-24)37-32(44)47-34(4,5)6/h8-17,26-27H,18-23H2,1-7H3,(H,35,41)(H,36,42)(H,37,44)(H,38,43)/t26-,27+/m0/s1. The van der Waals surface area contributed by atoms with Gasteiger partial charge in [-0.05, 0) is 59.7 Å². The van der Waals surface area contributed by atoms with Crippen molar-refractivity contribution in [2.45, 2.75) is 77.9 Å². The van der Waals surface area contributed by atoms with E-state index >= 15 is 0 Å². The molecule has 0 saturated heterocycles. The molecule has 0 aliphatic rings. The molecule has 0 bridgehead atoms. The number of esters is 1. The Bertz CT molecular complexity index is 1310. The molecule has 0 aliphatic heterocycles. The fourth-order valence-electron chi connectivity index (χ4n) is 4.17. The molecular weight excluding hydrogens is 606 g/mol. The second kappa shape index (κ2) is 18.5. The van der Waals surface area contributed by atoms with Crippen molar-refractivity contribution in [2.75, 3.05) is 33.2 Å². The highest BCUT2D eigenvalue weighted by Crippen LogP contribution is 2.09. The Balaban J connectivity index is 2.00. The van der Waals surface area contributed by atoms with E-state index in [1.165, 1.54) is 0 Å². The van der Waals surface area contributed by atoms with E-state index in [0.29, 0.717) is 0 Å². The van der Waals surface area contributed by atoms with Gasteiger partial charge < -0.3 is 40.4 Å². The number of likely N-dealkylation sites (N-methyl/N-ethyl adjacent to an activating group) is 1. The molecule has 0 saturated carbocycles. The molecule has 258 valence electrons. The van der Waals surface area contributed by atoms with Crippen LogP contribution in [0.5, 0.6) is 0 Å². The molecule has 13 nitrogen and oxygen atoms in total. The van der Waals surface area contributed by atoms with Crippen LogP contribution < -0.4 is 21.3 Å². The molecule has 13 heteroatoms. The summed E-state index contributed by atoms with van der Waals surface area (Å²) in [6.07, 6.45) is -1.28. The number of nitrogens with zero attached hydrogens (tertiary/aromatic N) is 1. The molecule has 2 atom stereocenters. The van der Waals surface area contributed by atoms with Crippen LogP contribution in [0.2, 0.25) is 0 Å². The Morgan fingerprint density at radius 1 is 0.702 bits per heavy atom. The molecule has 0 aromatic heterocycles. The van der Waals surface area contributed by atoms with Crippen molar-refractivity contribution in [1.82, 2.24) is 26.2 Å². The molecule has 47 heavy (non-hydrogen) atoms. The van der Waals surface area contributed by atoms with Crippen LogP contribution in [0.25, 0.3) is 0 Å². The first-order chi connectivity index (χ1) is 22.0. The minimum absolute atomic E-state index is 0.00225. The predicted molar refractivity (Wildman–Crippen MR) is 176 cm³/mol. The number of carbonyl (C=O) groups excluding carboxylic acids is 5. The van der Waals surface area contributed by atoms with E-state index in [0.717, 1.165) is 11.1 Å². The fraction of sp³-hybridized carbons (Fsp3) is 0.500. The molecule has 4 N–H and O–H groups in total. The van der Waals surface area contributed by atoms with Crippen LogP contribution in [-0.2, 0) is 41.6 Å². The van der Waals surface area contributed by atoms with Crippen LogP contribution in [0.15, 0.2) is 60.7 Å². The van der Waals surface area contributed by atoms with Crippen molar-refractivity contribution in [3.63, 3.8) is 0 Å². The van der Waals surface area contributed by atoms with Gasteiger partial charge in [-0.1, -0.05) is 60.7 Å². The summed E-state index contributed by atoms with van der Waals surface area (Å²) in [5, 5.41) is 10.5. The summed E-state index contributed by atoms with van der Waals surface area (Å²) in [5.74, 6) is -1.66. The van der Waals surface area contributed by atoms with Crippen molar-refractivity contribution in [1.29, 1.82) is 0 Å². The minimum atomic E-state index is -1.10. The first kappa shape index (κ1) is 38.5. The third kappa shape index (κ3) is 17.0. The first-order valence-corrected chi connectivity index (χ1v) is 15.5. The smallest absolute Gasteiger partial charge is 0.408 e. The highest BCUT2D eigenvalue weighted by Gasteiger charge is 2.27. The van der Waals surface area contributed by atoms with Crippen molar-refractivity contribution >= 4 is 30.0 Å². The molecule has 0 fully saturated rings. The molecule has 0 aliphatic carbocycles. The topological polar surface area (TPSA) is 164 Å². The normalized spacial score (nSPS) is 12.7. The predicted octanol–water partition coefficient (Wildman–Crippen LogP) is 2.92. The van der Waals surface area contributed by atoms with Gasteiger partial charge >= 0.3 is 18.2 Å². The zero-order valence-electron chi connectivity index (χ0n) is 28.4. The number of benzene rings is 2. The van der Waals surface area contributed by atoms with Crippen LogP contribution >= 0.6 is 0 Å². The Morgan fingerprint density at radius 2 is 1.23 bits per heavy atom. The van der Waals surface area contributed by atoms with E-state index in [-0.39, 0.29) is 39.2 Å². The fourth-order valence-corrected chi connectivity index (χ4v) is 4.17. The molecule has 0 spiro atoms. The lowest BCUT2D eigenvalue weighted by molar-refractivity contribution is -0.154. The first-order valence-electron chi connectivity index (χ1n) is 15.5. The summed E-state index contributed by atoms with van der Waals surface area (Å²) in [6, 6.07) is 16.3. The summed E-state index contributed by atoms with van der Waals surface area (Å²) in [5.41, 5.74) is 0.158. The summed E-state index contributed by atoms with van der Waals surface area (Å²) in [6.45, 7) is 10.4. The molecule has 0 radical (unpaired) electrons. The summed E-state index contributed by atoms with van der Waals surface area (Å²) in [4.78, 5) is 65.2. The minimum Gasteiger partial charge on any atom is -0.459 e. The summed E-state index contributed by atoms with van der Waals surface area (Å²) in [7, 11) is 1.71. The molecular formula is C34H49N5O8. The third-order valence-corrected chi connectivity index (χ3v) is 6.23. The van der Waals surface area contributed by atoms with E-state index in [2.05, 4.69) is 21.3 Å². The van der Waals surface area contributed by atoms with Crippen LogP contribution in [0.1, 0.15) is 52.7 Å². The Morgan fingerprint density at radius 3 is 1.81 bits per heavy atom. The molecule has 2 aromatic rings. The van der Waals surface area contributed by atoms with E-state index in [1.54, 1.807) is 65.6 Å². The number of amides is 4. The van der Waals surface area contributed by atoms with Crippen molar-refractivity contribution in [2.24, 2.45) is 0 Å². The van der Waals surface area contributed by atoms with Gasteiger partial charge in [0.05, 0.1) is 0 Å². The van der Waals surface area contributed by atoms with Gasteiger partial charge in [-0.3, -0.25) is 14.4 Å². The number of rotatable bonds is 15. The molecule has 4 amide bonds. The van der Waals surface area contributed by atoms with Gasteiger partial charge in [0.15, 0.2) is 0 Å². The number of ether oxygens (including phenoxy) is 3. The number of hydrogen-bond donors (Lipinski definition) is 4. The molecule has 2 rings (SSSR count). The SMILES string of the molecule is CN(CCNC(=O)[C@H](Cc1ccccc1)NC(=O)OC(C)(C)C)C[C@@H](NC(=O)OCc1ccccc1)C(=O)NCC(=O)OC(C)(C)C. The van der Waals surface area contributed by atoms with Crippen LogP contribution in [0.3, 0.4) is 0 Å². The van der Waals surface area contributed by atoms with Gasteiger partial charge in [0.2, 0.25) is 11.8 Å². The number of hydrogen-bond acceptors (Lipinski definition) is 9. The van der Waals surface area contributed by atoms with Crippen molar-refractivity contribution < 1.29 is 38.2 Å². The second-order valence-corrected chi connectivity index (χ2v) is 13.0. The maximum absolute atomic E-state index is 13.2. The lowest BCUT2D eigenvalue weighted by Crippen LogP contribution is -2.54. The maximum atomic E-state index is 13.2. The lowest BCUT2D eigenvalue weighted by Gasteiger charge is -2.26. The maximum Gasteiger partial charge on any atom is 0.408 e. The van der Waals surface area contributed by atoms with E-state index in [4.69, 9.17) is 14.2 Å². The number of nitrogens with one attached hydrogen (secondary N) is 4. The van der Waals surface area contributed by atoms with Crippen molar-refractivity contribution in [3.05, 3.63) is 71.8 Å². The summed E-state index contributed by atoms with van der Waals surface area (Å²) < 4.78 is 15.9. The summed E-state index contributed by atoms with van der Waals surface area (Å²) >= 11 is 0. The number of alkyl carbamates (subject to hydrolysis) is 2. The monoisotopic (exact) mass is 655 g/mol. The molecule has 0 unspecified atom stereocenters. The average Bonchev–Trinajstić information content (AvgIpc) is 2.97. The quantitative estimate of drug-likeness (QED) is 0.167. The highest BCUT2D eigenvalue weighted by molar-refractivity contribution is 5.88. The van der Waals surface area contributed by atoms with Gasteiger partial charge in [0, 0.05) is 26.1 Å². The van der Waals surface area contributed by atoms with Gasteiger partial charge in [0.1, 0.15) is 36.4 Å². The van der Waals surface area contributed by atoms with Gasteiger partial charge in [-0.25, -0.2) is 9.59 Å². The average molecular weight is 656 g/mol. The number of carbonyl (C=O) groups is 5. The second-order valence-electron chi connectivity index (χ2n) is 13.0. The van der Waals surface area contributed by atoms with E-state index in [1.807, 2.05) is 48.5 Å². The van der Waals surface area contributed by atoms with Gasteiger partial charge in [-0.2, -0.15) is 0 Å². The van der Waals surface area contributed by atoms with Crippen LogP contribution in [-0.4, -0.2) is 91.4 Å². The molecule has 2 aromatic carbocycles. The Kier molecular flexibility index (Phi) is 15.2. The lowest BCUT2D eigenvalue weighted by atomic mass is 10.1.